The zero-order valence-electron chi connectivity index (χ0n) is 11.6. The van der Waals surface area contributed by atoms with Crippen LogP contribution in [0.25, 0.3) is 0 Å². The van der Waals surface area contributed by atoms with E-state index in [4.69, 9.17) is 5.73 Å². The zero-order valence-corrected chi connectivity index (χ0v) is 11.6. The molecule has 1 saturated heterocycles. The maximum atomic E-state index is 12.4. The highest BCUT2D eigenvalue weighted by Crippen LogP contribution is 2.26. The van der Waals surface area contributed by atoms with Gasteiger partial charge in [0.2, 0.25) is 17.7 Å². The Hall–Kier alpha value is -2.21. The van der Waals surface area contributed by atoms with Gasteiger partial charge in [0.25, 0.3) is 0 Å². The summed E-state index contributed by atoms with van der Waals surface area (Å²) >= 11 is 0. The van der Waals surface area contributed by atoms with Crippen LogP contribution in [0.1, 0.15) is 29.5 Å². The Labute approximate surface area is 122 Å². The van der Waals surface area contributed by atoms with Gasteiger partial charge in [0, 0.05) is 19.5 Å². The number of amides is 3. The number of benzene rings is 1. The molecule has 6 nitrogen and oxygen atoms in total. The lowest BCUT2D eigenvalue weighted by Gasteiger charge is -2.36. The number of hydrogen-bond acceptors (Lipinski definition) is 4. The summed E-state index contributed by atoms with van der Waals surface area (Å²) < 4.78 is 0. The third kappa shape index (κ3) is 2.42. The average molecular weight is 287 g/mol. The quantitative estimate of drug-likeness (QED) is 0.739. The highest BCUT2D eigenvalue weighted by Gasteiger charge is 2.36. The van der Waals surface area contributed by atoms with E-state index in [1.807, 2.05) is 18.2 Å². The van der Waals surface area contributed by atoms with Gasteiger partial charge in [-0.25, -0.2) is 0 Å². The second kappa shape index (κ2) is 5.29. The van der Waals surface area contributed by atoms with Crippen LogP contribution < -0.4 is 11.1 Å². The summed E-state index contributed by atoms with van der Waals surface area (Å²) in [4.78, 5) is 37.1. The Morgan fingerprint density at radius 1 is 1.29 bits per heavy atom. The summed E-state index contributed by atoms with van der Waals surface area (Å²) in [7, 11) is 0. The maximum absolute atomic E-state index is 12.4. The van der Waals surface area contributed by atoms with Crippen molar-refractivity contribution in [2.75, 3.05) is 0 Å². The van der Waals surface area contributed by atoms with Crippen molar-refractivity contribution >= 4 is 17.7 Å². The minimum atomic E-state index is -0.551. The summed E-state index contributed by atoms with van der Waals surface area (Å²) in [6.45, 7) is 0.795. The Kier molecular flexibility index (Phi) is 3.47. The number of carbonyl (C=O) groups is 3. The lowest BCUT2D eigenvalue weighted by molar-refractivity contribution is -0.146. The van der Waals surface area contributed by atoms with E-state index in [9.17, 15) is 14.4 Å². The van der Waals surface area contributed by atoms with Crippen molar-refractivity contribution in [3.8, 4) is 0 Å². The molecule has 0 saturated carbocycles. The van der Waals surface area contributed by atoms with Gasteiger partial charge in [0.05, 0.1) is 6.42 Å². The van der Waals surface area contributed by atoms with E-state index in [1.165, 1.54) is 0 Å². The number of imide groups is 1. The Balaban J connectivity index is 1.88. The zero-order chi connectivity index (χ0) is 15.0. The van der Waals surface area contributed by atoms with Crippen LogP contribution in [0.5, 0.6) is 0 Å². The molecule has 2 heterocycles. The number of fused-ring (bicyclic) bond motifs is 1. The topological polar surface area (TPSA) is 92.5 Å². The predicted molar refractivity (Wildman–Crippen MR) is 74.8 cm³/mol. The molecule has 2 aliphatic heterocycles. The first-order valence-corrected chi connectivity index (χ1v) is 7.03. The van der Waals surface area contributed by atoms with Crippen LogP contribution in [0.4, 0.5) is 0 Å². The van der Waals surface area contributed by atoms with E-state index < -0.39 is 6.04 Å². The first kappa shape index (κ1) is 13.8. The van der Waals surface area contributed by atoms with Crippen molar-refractivity contribution in [2.45, 2.75) is 38.4 Å². The third-order valence-electron chi connectivity index (χ3n) is 4.17. The third-order valence-corrected chi connectivity index (χ3v) is 4.17. The summed E-state index contributed by atoms with van der Waals surface area (Å²) in [5, 5.41) is 2.30. The fourth-order valence-corrected chi connectivity index (χ4v) is 3.04. The van der Waals surface area contributed by atoms with E-state index in [-0.39, 0.29) is 30.6 Å². The molecule has 3 N–H and O–H groups in total. The van der Waals surface area contributed by atoms with Crippen molar-refractivity contribution in [1.82, 2.24) is 10.2 Å². The fourth-order valence-electron chi connectivity index (χ4n) is 3.04. The minimum Gasteiger partial charge on any atom is -0.326 e. The van der Waals surface area contributed by atoms with Crippen LogP contribution in [-0.2, 0) is 33.9 Å². The van der Waals surface area contributed by atoms with Gasteiger partial charge in [-0.05, 0) is 23.1 Å². The number of nitrogens with two attached hydrogens (primary N) is 1. The van der Waals surface area contributed by atoms with E-state index in [0.717, 1.165) is 16.7 Å². The van der Waals surface area contributed by atoms with Crippen LogP contribution in [0.2, 0.25) is 0 Å². The second-order valence-corrected chi connectivity index (χ2v) is 5.42. The van der Waals surface area contributed by atoms with E-state index in [2.05, 4.69) is 5.32 Å². The van der Waals surface area contributed by atoms with Gasteiger partial charge in [-0.15, -0.1) is 0 Å². The monoisotopic (exact) mass is 287 g/mol. The van der Waals surface area contributed by atoms with Gasteiger partial charge in [-0.2, -0.15) is 0 Å². The van der Waals surface area contributed by atoms with Crippen molar-refractivity contribution in [2.24, 2.45) is 5.73 Å². The molecular formula is C15H17N3O3. The SMILES string of the molecule is NCc1cccc2c1CC(=O)N(C1CCC(=O)NC1=O)C2. The molecule has 0 aliphatic carbocycles. The van der Waals surface area contributed by atoms with Crippen molar-refractivity contribution < 1.29 is 14.4 Å². The molecule has 0 spiro atoms. The molecule has 6 heteroatoms. The molecule has 3 rings (SSSR count). The molecule has 1 fully saturated rings. The van der Waals surface area contributed by atoms with Crippen LogP contribution >= 0.6 is 0 Å². The molecule has 1 atom stereocenters. The van der Waals surface area contributed by atoms with E-state index in [1.54, 1.807) is 4.90 Å². The fraction of sp³-hybridized carbons (Fsp3) is 0.400. The maximum Gasteiger partial charge on any atom is 0.249 e. The van der Waals surface area contributed by atoms with Gasteiger partial charge in [0.15, 0.2) is 0 Å². The van der Waals surface area contributed by atoms with Crippen molar-refractivity contribution in [3.63, 3.8) is 0 Å². The summed E-state index contributed by atoms with van der Waals surface area (Å²) in [6.07, 6.45) is 0.929. The largest absolute Gasteiger partial charge is 0.326 e. The van der Waals surface area contributed by atoms with Gasteiger partial charge >= 0.3 is 0 Å². The molecule has 1 aromatic carbocycles. The smallest absolute Gasteiger partial charge is 0.249 e. The molecule has 1 unspecified atom stereocenters. The molecule has 2 aliphatic rings. The first-order valence-electron chi connectivity index (χ1n) is 7.03. The number of hydrogen-bond donors (Lipinski definition) is 2. The van der Waals surface area contributed by atoms with Crippen LogP contribution in [0.15, 0.2) is 18.2 Å². The van der Waals surface area contributed by atoms with Crippen LogP contribution in [-0.4, -0.2) is 28.7 Å². The first-order chi connectivity index (χ1) is 10.1. The molecule has 0 radical (unpaired) electrons. The van der Waals surface area contributed by atoms with Gasteiger partial charge in [-0.1, -0.05) is 18.2 Å². The highest BCUT2D eigenvalue weighted by molar-refractivity contribution is 6.02. The van der Waals surface area contributed by atoms with Crippen molar-refractivity contribution in [3.05, 3.63) is 34.9 Å². The van der Waals surface area contributed by atoms with Crippen LogP contribution in [0, 0.1) is 0 Å². The number of nitrogens with zero attached hydrogens (tertiary/aromatic N) is 1. The van der Waals surface area contributed by atoms with Gasteiger partial charge < -0.3 is 10.6 Å². The lowest BCUT2D eigenvalue weighted by Crippen LogP contribution is -2.55. The molecule has 1 aromatic rings. The number of rotatable bonds is 2. The predicted octanol–water partition coefficient (Wildman–Crippen LogP) is -0.165. The van der Waals surface area contributed by atoms with Gasteiger partial charge in [0.1, 0.15) is 6.04 Å². The average Bonchev–Trinajstić information content (AvgIpc) is 2.46. The molecule has 0 bridgehead atoms. The lowest BCUT2D eigenvalue weighted by atomic mass is 9.92. The second-order valence-electron chi connectivity index (χ2n) is 5.42. The van der Waals surface area contributed by atoms with Gasteiger partial charge in [-0.3, -0.25) is 19.7 Å². The van der Waals surface area contributed by atoms with Crippen molar-refractivity contribution in [1.29, 1.82) is 0 Å². The summed E-state index contributed by atoms with van der Waals surface area (Å²) in [5.74, 6) is -0.734. The Bertz CT molecular complexity index is 627. The van der Waals surface area contributed by atoms with E-state index >= 15 is 0 Å². The Morgan fingerprint density at radius 2 is 2.10 bits per heavy atom. The molecular weight excluding hydrogens is 270 g/mol. The summed E-state index contributed by atoms with van der Waals surface area (Å²) in [6, 6.07) is 5.25. The molecule has 21 heavy (non-hydrogen) atoms. The number of carbonyl (C=O) groups excluding carboxylic acids is 3. The van der Waals surface area contributed by atoms with E-state index in [0.29, 0.717) is 19.5 Å². The number of piperidine rings is 1. The summed E-state index contributed by atoms with van der Waals surface area (Å²) in [5.41, 5.74) is 8.69. The minimum absolute atomic E-state index is 0.0853. The van der Waals surface area contributed by atoms with Crippen LogP contribution in [0.3, 0.4) is 0 Å². The standard InChI is InChI=1S/C15H17N3O3/c16-7-9-2-1-3-10-8-18(14(20)6-11(9)10)12-4-5-13(19)17-15(12)21/h1-3,12H,4-8,16H2,(H,17,19,21). The molecule has 110 valence electrons. The Morgan fingerprint density at radius 3 is 2.81 bits per heavy atom. The number of nitrogens with one attached hydrogen (secondary N) is 1. The molecule has 3 amide bonds. The molecule has 0 aromatic heterocycles. The highest BCUT2D eigenvalue weighted by atomic mass is 16.2. The normalized spacial score (nSPS) is 22.0.